The van der Waals surface area contributed by atoms with Gasteiger partial charge in [-0.15, -0.1) is 0 Å². The molecule has 0 unspecified atom stereocenters. The first-order valence-corrected chi connectivity index (χ1v) is 8.99. The van der Waals surface area contributed by atoms with Crippen LogP contribution in [0.1, 0.15) is 5.56 Å². The number of benzene rings is 2. The predicted molar refractivity (Wildman–Crippen MR) is 97.0 cm³/mol. The van der Waals surface area contributed by atoms with Gasteiger partial charge >= 0.3 is 0 Å². The van der Waals surface area contributed by atoms with Crippen LogP contribution in [0.25, 0.3) is 0 Å². The van der Waals surface area contributed by atoms with Crippen molar-refractivity contribution >= 4 is 17.3 Å². The summed E-state index contributed by atoms with van der Waals surface area (Å²) < 4.78 is 23.5. The number of rotatable bonds is 6. The van der Waals surface area contributed by atoms with Crippen LogP contribution in [-0.2, 0) is 20.8 Å². The number of nitrogens with zero attached hydrogens (tertiary/aromatic N) is 1. The van der Waals surface area contributed by atoms with Gasteiger partial charge in [0, 0.05) is 12.1 Å². The molecule has 0 radical (unpaired) electrons. The Balaban J connectivity index is 1.37. The minimum Gasteiger partial charge on any atom is -0.484 e. The molecular weight excluding hydrogens is 374 g/mol. The molecule has 0 aromatic heterocycles. The normalized spacial score (nSPS) is 26.7. The molecule has 7 nitrogen and oxygen atoms in total. The van der Waals surface area contributed by atoms with Crippen LogP contribution in [-0.4, -0.2) is 42.6 Å². The lowest BCUT2D eigenvalue weighted by molar-refractivity contribution is -0.384. The second-order valence-electron chi connectivity index (χ2n) is 6.46. The van der Waals surface area contributed by atoms with Crippen molar-refractivity contribution in [2.45, 2.75) is 31.0 Å². The zero-order valence-electron chi connectivity index (χ0n) is 14.3. The number of halogens is 1. The quantitative estimate of drug-likeness (QED) is 0.554. The Morgan fingerprint density at radius 2 is 1.78 bits per heavy atom. The second kappa shape index (κ2) is 7.82. The molecule has 8 heteroatoms. The number of nitro groups is 1. The highest BCUT2D eigenvalue weighted by Gasteiger charge is 2.49. The minimum absolute atomic E-state index is 0.0839. The van der Waals surface area contributed by atoms with Gasteiger partial charge in [0.2, 0.25) is 0 Å². The van der Waals surface area contributed by atoms with E-state index < -0.39 is 4.92 Å². The molecule has 2 heterocycles. The van der Waals surface area contributed by atoms with Crippen molar-refractivity contribution in [2.75, 3.05) is 13.2 Å². The second-order valence-corrected chi connectivity index (χ2v) is 6.87. The van der Waals surface area contributed by atoms with Crippen molar-refractivity contribution in [3.8, 4) is 5.75 Å². The Hall–Kier alpha value is -2.19. The monoisotopic (exact) mass is 391 g/mol. The SMILES string of the molecule is O=[N+]([O-])c1ccc(O[C@H]2CO[C@H]3[C@@H]2OC[C@@H]3OCc2ccccc2)c(Cl)c1. The lowest BCUT2D eigenvalue weighted by atomic mass is 10.1. The molecule has 0 aliphatic carbocycles. The molecule has 0 bridgehead atoms. The first-order chi connectivity index (χ1) is 13.1. The molecule has 0 N–H and O–H groups in total. The average molecular weight is 392 g/mol. The molecule has 2 aliphatic heterocycles. The van der Waals surface area contributed by atoms with E-state index in [1.54, 1.807) is 0 Å². The van der Waals surface area contributed by atoms with Crippen molar-refractivity contribution in [1.82, 2.24) is 0 Å². The smallest absolute Gasteiger partial charge is 0.271 e. The van der Waals surface area contributed by atoms with Crippen molar-refractivity contribution < 1.29 is 23.9 Å². The van der Waals surface area contributed by atoms with Crippen LogP contribution in [0.4, 0.5) is 5.69 Å². The van der Waals surface area contributed by atoms with E-state index >= 15 is 0 Å². The Morgan fingerprint density at radius 1 is 1.07 bits per heavy atom. The van der Waals surface area contributed by atoms with E-state index in [4.69, 9.17) is 30.5 Å². The van der Waals surface area contributed by atoms with E-state index in [0.29, 0.717) is 25.6 Å². The Bertz CT molecular complexity index is 817. The molecule has 0 amide bonds. The van der Waals surface area contributed by atoms with Crippen molar-refractivity contribution in [2.24, 2.45) is 0 Å². The van der Waals surface area contributed by atoms with Gasteiger partial charge in [0.1, 0.15) is 24.1 Å². The van der Waals surface area contributed by atoms with Gasteiger partial charge in [0.05, 0.1) is 29.8 Å². The van der Waals surface area contributed by atoms with Gasteiger partial charge in [0.25, 0.3) is 5.69 Å². The lowest BCUT2D eigenvalue weighted by Gasteiger charge is -2.18. The van der Waals surface area contributed by atoms with Crippen molar-refractivity contribution in [3.63, 3.8) is 0 Å². The maximum Gasteiger partial charge on any atom is 0.271 e. The zero-order valence-corrected chi connectivity index (χ0v) is 15.1. The standard InChI is InChI=1S/C19H18ClNO6/c20-14-8-13(21(22)23)6-7-15(14)27-17-11-26-18-16(10-25-19(17)18)24-9-12-4-2-1-3-5-12/h1-8,16-19H,9-11H2/t16-,17-,18+,19+/m0/s1. The third-order valence-corrected chi connectivity index (χ3v) is 4.97. The fourth-order valence-corrected chi connectivity index (χ4v) is 3.53. The molecule has 2 aromatic carbocycles. The summed E-state index contributed by atoms with van der Waals surface area (Å²) in [4.78, 5) is 10.3. The largest absolute Gasteiger partial charge is 0.484 e. The summed E-state index contributed by atoms with van der Waals surface area (Å²) in [5.74, 6) is 0.369. The molecule has 27 heavy (non-hydrogen) atoms. The minimum atomic E-state index is -0.501. The van der Waals surface area contributed by atoms with Crippen LogP contribution in [0.15, 0.2) is 48.5 Å². The topological polar surface area (TPSA) is 80.1 Å². The summed E-state index contributed by atoms with van der Waals surface area (Å²) in [5, 5.41) is 11.0. The van der Waals surface area contributed by atoms with Gasteiger partial charge in [-0.2, -0.15) is 0 Å². The van der Waals surface area contributed by atoms with E-state index in [2.05, 4.69) is 0 Å². The molecule has 2 aliphatic rings. The van der Waals surface area contributed by atoms with E-state index in [0.717, 1.165) is 5.56 Å². The fourth-order valence-electron chi connectivity index (χ4n) is 3.31. The number of hydrogen-bond donors (Lipinski definition) is 0. The first-order valence-electron chi connectivity index (χ1n) is 8.61. The average Bonchev–Trinajstić information content (AvgIpc) is 3.25. The molecular formula is C19H18ClNO6. The van der Waals surface area contributed by atoms with Gasteiger partial charge in [-0.3, -0.25) is 10.1 Å². The molecule has 2 fully saturated rings. The summed E-state index contributed by atoms with van der Waals surface area (Å²) >= 11 is 6.11. The summed E-state index contributed by atoms with van der Waals surface area (Å²) in [7, 11) is 0. The van der Waals surface area contributed by atoms with Crippen LogP contribution in [0, 0.1) is 10.1 Å². The van der Waals surface area contributed by atoms with Crippen LogP contribution in [0.3, 0.4) is 0 Å². The Labute approximate surface area is 160 Å². The first kappa shape index (κ1) is 18.2. The van der Waals surface area contributed by atoms with E-state index in [9.17, 15) is 10.1 Å². The van der Waals surface area contributed by atoms with Gasteiger partial charge in [-0.1, -0.05) is 41.9 Å². The molecule has 4 atom stereocenters. The Morgan fingerprint density at radius 3 is 2.48 bits per heavy atom. The van der Waals surface area contributed by atoms with E-state index in [1.165, 1.54) is 18.2 Å². The molecule has 4 rings (SSSR count). The fraction of sp³-hybridized carbons (Fsp3) is 0.368. The summed E-state index contributed by atoms with van der Waals surface area (Å²) in [6.45, 7) is 1.25. The maximum absolute atomic E-state index is 10.8. The number of fused-ring (bicyclic) bond motifs is 1. The van der Waals surface area contributed by atoms with Crippen molar-refractivity contribution in [3.05, 3.63) is 69.2 Å². The summed E-state index contributed by atoms with van der Waals surface area (Å²) in [5.41, 5.74) is 1.00. The number of nitro benzene ring substituents is 1. The van der Waals surface area contributed by atoms with Crippen molar-refractivity contribution in [1.29, 1.82) is 0 Å². The van der Waals surface area contributed by atoms with Gasteiger partial charge < -0.3 is 18.9 Å². The van der Waals surface area contributed by atoms with Gasteiger partial charge in [-0.25, -0.2) is 0 Å². The lowest BCUT2D eigenvalue weighted by Crippen LogP contribution is -2.35. The van der Waals surface area contributed by atoms with Crippen LogP contribution in [0.5, 0.6) is 5.75 Å². The third-order valence-electron chi connectivity index (χ3n) is 4.67. The van der Waals surface area contributed by atoms with Crippen LogP contribution >= 0.6 is 11.6 Å². The third kappa shape index (κ3) is 3.91. The van der Waals surface area contributed by atoms with Gasteiger partial charge in [0.15, 0.2) is 6.10 Å². The maximum atomic E-state index is 10.8. The van der Waals surface area contributed by atoms with Gasteiger partial charge in [-0.05, 0) is 11.6 Å². The molecule has 0 spiro atoms. The number of ether oxygens (including phenoxy) is 4. The Kier molecular flexibility index (Phi) is 5.27. The highest BCUT2D eigenvalue weighted by Crippen LogP contribution is 2.35. The molecule has 2 aromatic rings. The van der Waals surface area contributed by atoms with Crippen LogP contribution in [0.2, 0.25) is 5.02 Å². The van der Waals surface area contributed by atoms with E-state index in [-0.39, 0.29) is 35.1 Å². The molecule has 142 valence electrons. The highest BCUT2D eigenvalue weighted by atomic mass is 35.5. The van der Waals surface area contributed by atoms with Crippen LogP contribution < -0.4 is 4.74 Å². The molecule has 0 saturated carbocycles. The number of non-ortho nitro benzene ring substituents is 1. The molecule has 2 saturated heterocycles. The number of hydrogen-bond acceptors (Lipinski definition) is 6. The summed E-state index contributed by atoms with van der Waals surface area (Å²) in [6.07, 6.45) is -0.997. The van der Waals surface area contributed by atoms with E-state index in [1.807, 2.05) is 30.3 Å². The summed E-state index contributed by atoms with van der Waals surface area (Å²) in [6, 6.07) is 14.0. The predicted octanol–water partition coefficient (Wildman–Crippen LogP) is 3.38. The highest BCUT2D eigenvalue weighted by molar-refractivity contribution is 6.32. The zero-order chi connectivity index (χ0) is 18.8.